The molecule has 2 aromatic rings. The minimum Gasteiger partial charge on any atom is -0.385 e. The van der Waals surface area contributed by atoms with Crippen LogP contribution in [0.1, 0.15) is 23.9 Å². The van der Waals surface area contributed by atoms with Crippen LogP contribution in [0.3, 0.4) is 0 Å². The number of nitrogens with one attached hydrogen (secondary N) is 1. The van der Waals surface area contributed by atoms with Gasteiger partial charge in [-0.15, -0.1) is 0 Å². The van der Waals surface area contributed by atoms with Crippen molar-refractivity contribution in [2.45, 2.75) is 27.7 Å². The van der Waals surface area contributed by atoms with Crippen LogP contribution in [-0.4, -0.2) is 21.2 Å². The van der Waals surface area contributed by atoms with Crippen molar-refractivity contribution in [1.82, 2.24) is 9.78 Å². The third-order valence-corrected chi connectivity index (χ3v) is 3.39. The molecule has 1 aromatic heterocycles. The second-order valence-electron chi connectivity index (χ2n) is 4.73. The molecule has 106 valence electrons. The molecule has 0 saturated heterocycles. The second kappa shape index (κ2) is 5.32. The minimum atomic E-state index is -0.386. The molecule has 6 heteroatoms. The van der Waals surface area contributed by atoms with E-state index >= 15 is 0 Å². The number of hydrogen-bond acceptors (Lipinski definition) is 4. The number of aryl methyl sites for hydroxylation is 1. The molecule has 0 saturated carbocycles. The summed E-state index contributed by atoms with van der Waals surface area (Å²) in [6.07, 6.45) is 0. The zero-order valence-corrected chi connectivity index (χ0v) is 12.1. The van der Waals surface area contributed by atoms with Crippen molar-refractivity contribution in [3.05, 3.63) is 45.3 Å². The molecule has 6 nitrogen and oxygen atoms in total. The molecule has 0 aliphatic rings. The summed E-state index contributed by atoms with van der Waals surface area (Å²) in [7, 11) is 0. The van der Waals surface area contributed by atoms with Crippen LogP contribution in [-0.2, 0) is 0 Å². The largest absolute Gasteiger partial charge is 0.385 e. The van der Waals surface area contributed by atoms with Crippen LogP contribution in [0.2, 0.25) is 0 Å². The minimum absolute atomic E-state index is 0.0589. The van der Waals surface area contributed by atoms with Gasteiger partial charge in [0.25, 0.3) is 5.69 Å². The molecule has 0 unspecified atom stereocenters. The van der Waals surface area contributed by atoms with E-state index in [1.807, 2.05) is 33.8 Å². The first kappa shape index (κ1) is 14.0. The van der Waals surface area contributed by atoms with E-state index in [2.05, 4.69) is 10.4 Å². The van der Waals surface area contributed by atoms with E-state index in [0.29, 0.717) is 12.2 Å². The van der Waals surface area contributed by atoms with E-state index in [1.165, 1.54) is 6.07 Å². The highest BCUT2D eigenvalue weighted by molar-refractivity contribution is 5.59. The summed E-state index contributed by atoms with van der Waals surface area (Å²) in [5.74, 6) is 0. The molecule has 0 radical (unpaired) electrons. The number of anilines is 1. The molecule has 1 heterocycles. The van der Waals surface area contributed by atoms with E-state index < -0.39 is 0 Å². The normalized spacial score (nSPS) is 10.6. The summed E-state index contributed by atoms with van der Waals surface area (Å²) in [6.45, 7) is 8.54. The number of nitro benzene ring substituents is 1. The van der Waals surface area contributed by atoms with E-state index in [0.717, 1.165) is 22.6 Å². The Hall–Kier alpha value is -2.37. The lowest BCUT2D eigenvalue weighted by atomic mass is 10.2. The Kier molecular flexibility index (Phi) is 3.74. The van der Waals surface area contributed by atoms with Crippen molar-refractivity contribution in [2.75, 3.05) is 11.9 Å². The van der Waals surface area contributed by atoms with E-state index in [4.69, 9.17) is 0 Å². The van der Waals surface area contributed by atoms with E-state index in [9.17, 15) is 10.1 Å². The highest BCUT2D eigenvalue weighted by Gasteiger charge is 2.14. The first-order valence-corrected chi connectivity index (χ1v) is 6.50. The Balaban J connectivity index is 2.60. The molecule has 0 aliphatic carbocycles. The van der Waals surface area contributed by atoms with Gasteiger partial charge in [-0.3, -0.25) is 10.1 Å². The summed E-state index contributed by atoms with van der Waals surface area (Å²) in [4.78, 5) is 10.7. The fourth-order valence-electron chi connectivity index (χ4n) is 2.10. The number of aromatic nitrogens is 2. The van der Waals surface area contributed by atoms with Crippen LogP contribution >= 0.6 is 0 Å². The Morgan fingerprint density at radius 1 is 1.30 bits per heavy atom. The quantitative estimate of drug-likeness (QED) is 0.686. The lowest BCUT2D eigenvalue weighted by Crippen LogP contribution is -2.04. The van der Waals surface area contributed by atoms with Crippen molar-refractivity contribution >= 4 is 11.4 Å². The van der Waals surface area contributed by atoms with Crippen LogP contribution in [0.5, 0.6) is 0 Å². The fourth-order valence-corrected chi connectivity index (χ4v) is 2.10. The van der Waals surface area contributed by atoms with Crippen molar-refractivity contribution in [3.8, 4) is 5.69 Å². The van der Waals surface area contributed by atoms with Crippen LogP contribution in [0, 0.1) is 30.9 Å². The maximum atomic E-state index is 11.0. The molecule has 1 N–H and O–H groups in total. The van der Waals surface area contributed by atoms with Crippen molar-refractivity contribution < 1.29 is 4.92 Å². The van der Waals surface area contributed by atoms with Crippen molar-refractivity contribution in [2.24, 2.45) is 0 Å². The molecule has 0 spiro atoms. The third kappa shape index (κ3) is 2.49. The summed E-state index contributed by atoms with van der Waals surface area (Å²) in [6, 6.07) is 4.95. The van der Waals surface area contributed by atoms with Crippen LogP contribution in [0.15, 0.2) is 18.2 Å². The van der Waals surface area contributed by atoms with Gasteiger partial charge in [-0.1, -0.05) is 0 Å². The molecule has 0 aliphatic heterocycles. The van der Waals surface area contributed by atoms with Crippen LogP contribution < -0.4 is 5.32 Å². The molecule has 0 amide bonds. The number of hydrogen-bond donors (Lipinski definition) is 1. The Morgan fingerprint density at radius 3 is 2.50 bits per heavy atom. The van der Waals surface area contributed by atoms with Crippen molar-refractivity contribution in [1.29, 1.82) is 0 Å². The van der Waals surface area contributed by atoms with Gasteiger partial charge >= 0.3 is 0 Å². The summed E-state index contributed by atoms with van der Waals surface area (Å²) < 4.78 is 1.75. The first-order chi connectivity index (χ1) is 9.43. The summed E-state index contributed by atoms with van der Waals surface area (Å²) in [5.41, 5.74) is 4.50. The Labute approximate surface area is 117 Å². The molecule has 0 atom stereocenters. The highest BCUT2D eigenvalue weighted by atomic mass is 16.6. The lowest BCUT2D eigenvalue weighted by Gasteiger charge is -2.09. The van der Waals surface area contributed by atoms with Crippen LogP contribution in [0.4, 0.5) is 11.4 Å². The van der Waals surface area contributed by atoms with Gasteiger partial charge in [-0.25, -0.2) is 4.68 Å². The molecule has 20 heavy (non-hydrogen) atoms. The summed E-state index contributed by atoms with van der Waals surface area (Å²) >= 11 is 0. The van der Waals surface area contributed by atoms with Gasteiger partial charge in [0, 0.05) is 30.1 Å². The van der Waals surface area contributed by atoms with Gasteiger partial charge in [0.05, 0.1) is 16.3 Å². The zero-order chi connectivity index (χ0) is 14.9. The highest BCUT2D eigenvalue weighted by Crippen LogP contribution is 2.25. The predicted octanol–water partition coefficient (Wildman–Crippen LogP) is 3.14. The maximum absolute atomic E-state index is 11.0. The lowest BCUT2D eigenvalue weighted by molar-refractivity contribution is -0.384. The number of rotatable bonds is 4. The first-order valence-electron chi connectivity index (χ1n) is 6.50. The van der Waals surface area contributed by atoms with Gasteiger partial charge in [-0.2, -0.15) is 5.10 Å². The van der Waals surface area contributed by atoms with E-state index in [1.54, 1.807) is 10.7 Å². The number of benzene rings is 1. The summed E-state index contributed by atoms with van der Waals surface area (Å²) in [5, 5.41) is 18.6. The molecular weight excluding hydrogens is 256 g/mol. The van der Waals surface area contributed by atoms with Gasteiger partial charge in [-0.05, 0) is 39.3 Å². The standard InChI is InChI=1S/C14H18N4O2/c1-5-15-12-6-13(8-14(7-12)18(19)20)17-11(4)9(2)10(3)16-17/h6-8,15H,5H2,1-4H3. The molecular formula is C14H18N4O2. The smallest absolute Gasteiger partial charge is 0.273 e. The zero-order valence-electron chi connectivity index (χ0n) is 12.1. The maximum Gasteiger partial charge on any atom is 0.273 e. The van der Waals surface area contributed by atoms with Gasteiger partial charge in [0.15, 0.2) is 0 Å². The Bertz CT molecular complexity index is 661. The number of non-ortho nitro benzene ring substituents is 1. The molecule has 1 aromatic carbocycles. The third-order valence-electron chi connectivity index (χ3n) is 3.39. The molecule has 0 fully saturated rings. The predicted molar refractivity (Wildman–Crippen MR) is 78.6 cm³/mol. The van der Waals surface area contributed by atoms with Crippen molar-refractivity contribution in [3.63, 3.8) is 0 Å². The van der Waals surface area contributed by atoms with Gasteiger partial charge < -0.3 is 5.32 Å². The molecule has 2 rings (SSSR count). The number of nitrogens with zero attached hydrogens (tertiary/aromatic N) is 3. The topological polar surface area (TPSA) is 73.0 Å². The van der Waals surface area contributed by atoms with Gasteiger partial charge in [0.1, 0.15) is 0 Å². The molecule has 0 bridgehead atoms. The SMILES string of the molecule is CCNc1cc(-n2nc(C)c(C)c2C)cc([N+](=O)[O-])c1. The van der Waals surface area contributed by atoms with Crippen LogP contribution in [0.25, 0.3) is 5.69 Å². The fraction of sp³-hybridized carbons (Fsp3) is 0.357. The average molecular weight is 274 g/mol. The van der Waals surface area contributed by atoms with Gasteiger partial charge in [0.2, 0.25) is 0 Å². The average Bonchev–Trinajstić information content (AvgIpc) is 2.66. The van der Waals surface area contributed by atoms with E-state index in [-0.39, 0.29) is 10.6 Å². The monoisotopic (exact) mass is 274 g/mol. The second-order valence-corrected chi connectivity index (χ2v) is 4.73. The number of nitro groups is 1. The Morgan fingerprint density at radius 2 is 2.00 bits per heavy atom.